The first kappa shape index (κ1) is 14.2. The summed E-state index contributed by atoms with van der Waals surface area (Å²) in [5.41, 5.74) is 2.22. The van der Waals surface area contributed by atoms with Crippen molar-refractivity contribution >= 4 is 21.8 Å². The molecule has 20 heavy (non-hydrogen) atoms. The van der Waals surface area contributed by atoms with Crippen molar-refractivity contribution in [3.05, 3.63) is 24.7 Å². The molecule has 108 valence electrons. The van der Waals surface area contributed by atoms with E-state index in [4.69, 9.17) is 5.84 Å². The predicted molar refractivity (Wildman–Crippen MR) is 73.3 cm³/mol. The van der Waals surface area contributed by atoms with E-state index in [1.54, 1.807) is 10.7 Å². The summed E-state index contributed by atoms with van der Waals surface area (Å²) in [4.78, 5) is 7.46. The maximum atomic E-state index is 12.2. The average molecular weight is 297 g/mol. The molecule has 0 aliphatic carbocycles. The first-order chi connectivity index (χ1) is 9.44. The summed E-state index contributed by atoms with van der Waals surface area (Å²) in [5.74, 6) is 5.63. The third kappa shape index (κ3) is 2.86. The van der Waals surface area contributed by atoms with E-state index < -0.39 is 10.0 Å². The fourth-order valence-corrected chi connectivity index (χ4v) is 2.47. The molecular weight excluding hydrogens is 282 g/mol. The normalized spacial score (nSPS) is 11.6. The molecule has 0 aliphatic rings. The van der Waals surface area contributed by atoms with E-state index in [0.717, 1.165) is 0 Å². The highest BCUT2D eigenvalue weighted by Crippen LogP contribution is 2.18. The van der Waals surface area contributed by atoms with Crippen LogP contribution in [0.3, 0.4) is 0 Å². The van der Waals surface area contributed by atoms with Crippen molar-refractivity contribution in [1.82, 2.24) is 19.7 Å². The van der Waals surface area contributed by atoms with Crippen molar-refractivity contribution in [2.75, 3.05) is 10.1 Å². The zero-order valence-corrected chi connectivity index (χ0v) is 11.8. The number of nitrogens with zero attached hydrogens (tertiary/aromatic N) is 4. The molecular formula is C10H15N7O2S. The molecule has 2 rings (SSSR count). The fourth-order valence-electron chi connectivity index (χ4n) is 1.53. The summed E-state index contributed by atoms with van der Waals surface area (Å²) in [6.07, 6.45) is 3.86. The maximum Gasteiger partial charge on any atom is 0.266 e. The minimum atomic E-state index is -3.77. The Morgan fingerprint density at radius 3 is 2.50 bits per heavy atom. The van der Waals surface area contributed by atoms with E-state index in [1.165, 1.54) is 18.6 Å². The van der Waals surface area contributed by atoms with E-state index in [0.29, 0.717) is 5.82 Å². The highest BCUT2D eigenvalue weighted by molar-refractivity contribution is 7.92. The highest BCUT2D eigenvalue weighted by Gasteiger charge is 2.18. The SMILES string of the molecule is CC(C)n1nccc1NS(=O)(=O)c1cnc(NN)nc1. The van der Waals surface area contributed by atoms with Gasteiger partial charge in [-0.25, -0.2) is 28.9 Å². The van der Waals surface area contributed by atoms with Gasteiger partial charge in [-0.05, 0) is 13.8 Å². The summed E-state index contributed by atoms with van der Waals surface area (Å²) in [5, 5.41) is 4.05. The fraction of sp³-hybridized carbons (Fsp3) is 0.300. The van der Waals surface area contributed by atoms with Gasteiger partial charge in [-0.15, -0.1) is 0 Å². The number of hydrazine groups is 1. The molecule has 9 nitrogen and oxygen atoms in total. The Hall–Kier alpha value is -2.20. The van der Waals surface area contributed by atoms with Crippen molar-refractivity contribution in [3.63, 3.8) is 0 Å². The molecule has 0 fully saturated rings. The summed E-state index contributed by atoms with van der Waals surface area (Å²) in [6.45, 7) is 3.80. The molecule has 0 atom stereocenters. The molecule has 0 bridgehead atoms. The van der Waals surface area contributed by atoms with Gasteiger partial charge in [0.1, 0.15) is 10.7 Å². The van der Waals surface area contributed by atoms with Gasteiger partial charge < -0.3 is 0 Å². The number of aromatic nitrogens is 4. The van der Waals surface area contributed by atoms with Crippen LogP contribution in [-0.4, -0.2) is 28.2 Å². The van der Waals surface area contributed by atoms with Gasteiger partial charge in [0.15, 0.2) is 0 Å². The zero-order chi connectivity index (χ0) is 14.8. The van der Waals surface area contributed by atoms with Crippen LogP contribution < -0.4 is 16.0 Å². The van der Waals surface area contributed by atoms with Gasteiger partial charge in [-0.3, -0.25) is 10.1 Å². The van der Waals surface area contributed by atoms with Crippen molar-refractivity contribution in [3.8, 4) is 0 Å². The van der Waals surface area contributed by atoms with E-state index in [2.05, 4.69) is 25.2 Å². The van der Waals surface area contributed by atoms with Crippen molar-refractivity contribution < 1.29 is 8.42 Å². The minimum Gasteiger partial charge on any atom is -0.292 e. The van der Waals surface area contributed by atoms with Crippen LogP contribution in [0.15, 0.2) is 29.6 Å². The number of anilines is 2. The second-order valence-corrected chi connectivity index (χ2v) is 5.93. The highest BCUT2D eigenvalue weighted by atomic mass is 32.2. The van der Waals surface area contributed by atoms with Gasteiger partial charge >= 0.3 is 0 Å². The summed E-state index contributed by atoms with van der Waals surface area (Å²) < 4.78 is 28.4. The van der Waals surface area contributed by atoms with Crippen molar-refractivity contribution in [2.45, 2.75) is 24.8 Å². The summed E-state index contributed by atoms with van der Waals surface area (Å²) in [6, 6.07) is 1.61. The predicted octanol–water partition coefficient (Wildman–Crippen LogP) is 0.340. The van der Waals surface area contributed by atoms with Crippen LogP contribution in [-0.2, 0) is 10.0 Å². The van der Waals surface area contributed by atoms with Crippen LogP contribution in [0, 0.1) is 0 Å². The molecule has 0 unspecified atom stereocenters. The topological polar surface area (TPSA) is 128 Å². The van der Waals surface area contributed by atoms with Crippen molar-refractivity contribution in [2.24, 2.45) is 5.84 Å². The number of rotatable bonds is 5. The Morgan fingerprint density at radius 1 is 1.30 bits per heavy atom. The van der Waals surface area contributed by atoms with E-state index in [-0.39, 0.29) is 16.9 Å². The van der Waals surface area contributed by atoms with Gasteiger partial charge in [-0.1, -0.05) is 0 Å². The minimum absolute atomic E-state index is 0.0303. The third-order valence-electron chi connectivity index (χ3n) is 2.47. The van der Waals surface area contributed by atoms with Crippen LogP contribution in [0.1, 0.15) is 19.9 Å². The van der Waals surface area contributed by atoms with E-state index in [9.17, 15) is 8.42 Å². The van der Waals surface area contributed by atoms with Gasteiger partial charge in [0.05, 0.1) is 18.6 Å². The molecule has 0 aliphatic heterocycles. The monoisotopic (exact) mass is 297 g/mol. The molecule has 2 aromatic heterocycles. The van der Waals surface area contributed by atoms with E-state index >= 15 is 0 Å². The van der Waals surface area contributed by atoms with Crippen LogP contribution in [0.5, 0.6) is 0 Å². The lowest BCUT2D eigenvalue weighted by Gasteiger charge is -2.12. The average Bonchev–Trinajstić information content (AvgIpc) is 2.86. The summed E-state index contributed by atoms with van der Waals surface area (Å²) >= 11 is 0. The smallest absolute Gasteiger partial charge is 0.266 e. The molecule has 2 heterocycles. The molecule has 0 amide bonds. The molecule has 2 aromatic rings. The molecule has 0 aromatic carbocycles. The number of nitrogens with one attached hydrogen (secondary N) is 2. The molecule has 0 radical (unpaired) electrons. The summed E-state index contributed by atoms with van der Waals surface area (Å²) in [7, 11) is -3.77. The van der Waals surface area contributed by atoms with E-state index in [1.807, 2.05) is 13.8 Å². The van der Waals surface area contributed by atoms with Gasteiger partial charge in [-0.2, -0.15) is 5.10 Å². The van der Waals surface area contributed by atoms with Gasteiger partial charge in [0.2, 0.25) is 5.95 Å². The Bertz CT molecular complexity index is 678. The second-order valence-electron chi connectivity index (χ2n) is 4.25. The number of hydrogen-bond donors (Lipinski definition) is 3. The maximum absolute atomic E-state index is 12.2. The largest absolute Gasteiger partial charge is 0.292 e. The molecule has 0 saturated heterocycles. The second kappa shape index (κ2) is 5.43. The Morgan fingerprint density at radius 2 is 1.95 bits per heavy atom. The first-order valence-electron chi connectivity index (χ1n) is 5.79. The lowest BCUT2D eigenvalue weighted by Crippen LogP contribution is -2.18. The zero-order valence-electron chi connectivity index (χ0n) is 11.0. The van der Waals surface area contributed by atoms with Crippen molar-refractivity contribution in [1.29, 1.82) is 0 Å². The van der Waals surface area contributed by atoms with Crippen LogP contribution >= 0.6 is 0 Å². The van der Waals surface area contributed by atoms with Crippen LogP contribution in [0.25, 0.3) is 0 Å². The Balaban J connectivity index is 2.28. The molecule has 4 N–H and O–H groups in total. The quantitative estimate of drug-likeness (QED) is 0.536. The lowest BCUT2D eigenvalue weighted by molar-refractivity contribution is 0.539. The van der Waals surface area contributed by atoms with Crippen LogP contribution in [0.4, 0.5) is 11.8 Å². The molecule has 0 spiro atoms. The van der Waals surface area contributed by atoms with Gasteiger partial charge in [0.25, 0.3) is 10.0 Å². The Kier molecular flexibility index (Phi) is 3.86. The Labute approximate surface area is 116 Å². The number of hydrogen-bond acceptors (Lipinski definition) is 7. The number of sulfonamides is 1. The third-order valence-corrected chi connectivity index (χ3v) is 3.78. The standard InChI is InChI=1S/C10H15N7O2S/c1-7(2)17-9(3-4-14-17)16-20(18,19)8-5-12-10(15-11)13-6-8/h3-7,16H,11H2,1-2H3,(H,12,13,15). The number of nitrogen functional groups attached to an aromatic ring is 1. The molecule has 0 saturated carbocycles. The molecule has 10 heteroatoms. The van der Waals surface area contributed by atoms with Gasteiger partial charge in [0, 0.05) is 12.1 Å². The lowest BCUT2D eigenvalue weighted by atomic mass is 10.4. The van der Waals surface area contributed by atoms with Crippen LogP contribution in [0.2, 0.25) is 0 Å². The number of nitrogens with two attached hydrogens (primary N) is 1. The first-order valence-corrected chi connectivity index (χ1v) is 7.27.